The Bertz CT molecular complexity index is 937. The van der Waals surface area contributed by atoms with Crippen LogP contribution < -0.4 is 4.72 Å². The van der Waals surface area contributed by atoms with Crippen molar-refractivity contribution in [2.24, 2.45) is 0 Å². The van der Waals surface area contributed by atoms with Crippen LogP contribution >= 0.6 is 0 Å². The summed E-state index contributed by atoms with van der Waals surface area (Å²) in [5.41, 5.74) is 1.27. The Kier molecular flexibility index (Phi) is 3.83. The van der Waals surface area contributed by atoms with Gasteiger partial charge in [0.25, 0.3) is 5.89 Å². The second-order valence-electron chi connectivity index (χ2n) is 4.85. The third-order valence-electron chi connectivity index (χ3n) is 2.98. The van der Waals surface area contributed by atoms with Crippen molar-refractivity contribution in [3.63, 3.8) is 0 Å². The summed E-state index contributed by atoms with van der Waals surface area (Å²) in [7, 11) is -3.33. The van der Waals surface area contributed by atoms with Crippen LogP contribution in [0.5, 0.6) is 0 Å². The Morgan fingerprint density at radius 1 is 1.09 bits per heavy atom. The zero-order valence-electron chi connectivity index (χ0n) is 12.0. The molecule has 23 heavy (non-hydrogen) atoms. The molecule has 0 radical (unpaired) electrons. The van der Waals surface area contributed by atoms with E-state index in [1.165, 1.54) is 6.07 Å². The molecule has 0 spiro atoms. The van der Waals surface area contributed by atoms with Gasteiger partial charge in [-0.25, -0.2) is 12.8 Å². The van der Waals surface area contributed by atoms with E-state index in [-0.39, 0.29) is 17.3 Å². The topological polar surface area (TPSA) is 85.1 Å². The molecule has 0 saturated heterocycles. The first-order chi connectivity index (χ1) is 10.9. The fourth-order valence-corrected chi connectivity index (χ4v) is 2.55. The molecule has 8 heteroatoms. The quantitative estimate of drug-likeness (QED) is 0.793. The van der Waals surface area contributed by atoms with Gasteiger partial charge < -0.3 is 4.52 Å². The molecule has 0 atom stereocenters. The molecule has 0 aliphatic carbocycles. The standard InChI is InChI=1S/C15H12FN3O3S/c1-23(20,21)19-11-8-6-10(7-9-11)14-17-15(22-18-14)12-4-2-3-5-13(12)16/h2-9,19H,1H3. The zero-order valence-corrected chi connectivity index (χ0v) is 12.8. The number of anilines is 1. The number of nitrogens with one attached hydrogen (secondary N) is 1. The maximum Gasteiger partial charge on any atom is 0.261 e. The number of halogens is 1. The first-order valence-electron chi connectivity index (χ1n) is 6.59. The van der Waals surface area contributed by atoms with Gasteiger partial charge in [-0.05, 0) is 36.4 Å². The summed E-state index contributed by atoms with van der Waals surface area (Å²) >= 11 is 0. The predicted octanol–water partition coefficient (Wildman–Crippen LogP) is 2.91. The Balaban J connectivity index is 1.88. The lowest BCUT2D eigenvalue weighted by atomic mass is 10.2. The molecule has 0 bridgehead atoms. The van der Waals surface area contributed by atoms with Crippen molar-refractivity contribution < 1.29 is 17.3 Å². The SMILES string of the molecule is CS(=O)(=O)Nc1ccc(-c2noc(-c3ccccc3F)n2)cc1. The Morgan fingerprint density at radius 3 is 2.43 bits per heavy atom. The van der Waals surface area contributed by atoms with Gasteiger partial charge in [0.15, 0.2) is 0 Å². The van der Waals surface area contributed by atoms with E-state index in [0.29, 0.717) is 11.3 Å². The zero-order chi connectivity index (χ0) is 16.4. The number of aromatic nitrogens is 2. The van der Waals surface area contributed by atoms with Crippen molar-refractivity contribution in [3.05, 3.63) is 54.3 Å². The number of hydrogen-bond acceptors (Lipinski definition) is 5. The molecule has 0 amide bonds. The van der Waals surface area contributed by atoms with Gasteiger partial charge in [-0.15, -0.1) is 0 Å². The lowest BCUT2D eigenvalue weighted by Crippen LogP contribution is -2.09. The van der Waals surface area contributed by atoms with Crippen LogP contribution in [0.3, 0.4) is 0 Å². The van der Waals surface area contributed by atoms with Crippen LogP contribution in [0.1, 0.15) is 0 Å². The average Bonchev–Trinajstić information content (AvgIpc) is 2.96. The molecule has 0 unspecified atom stereocenters. The molecule has 0 fully saturated rings. The van der Waals surface area contributed by atoms with Crippen LogP contribution in [0, 0.1) is 5.82 Å². The maximum absolute atomic E-state index is 13.7. The van der Waals surface area contributed by atoms with Gasteiger partial charge in [0.1, 0.15) is 5.82 Å². The highest BCUT2D eigenvalue weighted by Gasteiger charge is 2.14. The van der Waals surface area contributed by atoms with E-state index in [9.17, 15) is 12.8 Å². The minimum atomic E-state index is -3.33. The van der Waals surface area contributed by atoms with Crippen LogP contribution in [0.15, 0.2) is 53.1 Å². The minimum Gasteiger partial charge on any atom is -0.334 e. The Hall–Kier alpha value is -2.74. The molecule has 0 aliphatic heterocycles. The largest absolute Gasteiger partial charge is 0.334 e. The number of hydrogen-bond donors (Lipinski definition) is 1. The number of benzene rings is 2. The maximum atomic E-state index is 13.7. The summed E-state index contributed by atoms with van der Waals surface area (Å²) in [4.78, 5) is 4.16. The summed E-state index contributed by atoms with van der Waals surface area (Å²) in [6.45, 7) is 0. The average molecular weight is 333 g/mol. The van der Waals surface area contributed by atoms with E-state index in [0.717, 1.165) is 6.26 Å². The van der Waals surface area contributed by atoms with Gasteiger partial charge in [0, 0.05) is 11.3 Å². The van der Waals surface area contributed by atoms with Crippen LogP contribution in [-0.2, 0) is 10.0 Å². The third kappa shape index (κ3) is 3.54. The number of rotatable bonds is 4. The van der Waals surface area contributed by atoms with E-state index in [4.69, 9.17) is 4.52 Å². The molecule has 1 N–H and O–H groups in total. The van der Waals surface area contributed by atoms with E-state index in [1.807, 2.05) is 0 Å². The summed E-state index contributed by atoms with van der Waals surface area (Å²) in [6, 6.07) is 12.5. The van der Waals surface area contributed by atoms with Crippen LogP contribution in [0.2, 0.25) is 0 Å². The smallest absolute Gasteiger partial charge is 0.261 e. The molecular formula is C15H12FN3O3S. The highest BCUT2D eigenvalue weighted by Crippen LogP contribution is 2.25. The minimum absolute atomic E-state index is 0.0800. The van der Waals surface area contributed by atoms with E-state index >= 15 is 0 Å². The van der Waals surface area contributed by atoms with Crippen molar-refractivity contribution in [3.8, 4) is 22.8 Å². The highest BCUT2D eigenvalue weighted by molar-refractivity contribution is 7.92. The highest BCUT2D eigenvalue weighted by atomic mass is 32.2. The molecule has 1 aromatic heterocycles. The summed E-state index contributed by atoms with van der Waals surface area (Å²) in [5, 5.41) is 3.82. The molecule has 0 aliphatic rings. The van der Waals surface area contributed by atoms with Crippen molar-refractivity contribution in [2.75, 3.05) is 11.0 Å². The molecule has 118 valence electrons. The monoisotopic (exact) mass is 333 g/mol. The lowest BCUT2D eigenvalue weighted by Gasteiger charge is -2.03. The molecule has 0 saturated carbocycles. The molecule has 6 nitrogen and oxygen atoms in total. The van der Waals surface area contributed by atoms with Gasteiger partial charge in [-0.1, -0.05) is 17.3 Å². The second kappa shape index (κ2) is 5.81. The fourth-order valence-electron chi connectivity index (χ4n) is 1.99. The van der Waals surface area contributed by atoms with Crippen molar-refractivity contribution in [2.45, 2.75) is 0 Å². The van der Waals surface area contributed by atoms with Crippen LogP contribution in [0.4, 0.5) is 10.1 Å². The number of nitrogens with zero attached hydrogens (tertiary/aromatic N) is 2. The van der Waals surface area contributed by atoms with E-state index in [1.54, 1.807) is 42.5 Å². The van der Waals surface area contributed by atoms with Gasteiger partial charge in [-0.3, -0.25) is 4.72 Å². The van der Waals surface area contributed by atoms with Gasteiger partial charge in [0.05, 0.1) is 11.8 Å². The van der Waals surface area contributed by atoms with Crippen molar-refractivity contribution >= 4 is 15.7 Å². The predicted molar refractivity (Wildman–Crippen MR) is 83.6 cm³/mol. The van der Waals surface area contributed by atoms with Gasteiger partial charge in [0.2, 0.25) is 15.8 Å². The van der Waals surface area contributed by atoms with E-state index in [2.05, 4.69) is 14.9 Å². The molecule has 2 aromatic carbocycles. The molecule has 1 heterocycles. The fraction of sp³-hybridized carbons (Fsp3) is 0.0667. The molecule has 3 rings (SSSR count). The Morgan fingerprint density at radius 2 is 1.78 bits per heavy atom. The van der Waals surface area contributed by atoms with Crippen molar-refractivity contribution in [1.82, 2.24) is 10.1 Å². The molecular weight excluding hydrogens is 321 g/mol. The van der Waals surface area contributed by atoms with Crippen molar-refractivity contribution in [1.29, 1.82) is 0 Å². The summed E-state index contributed by atoms with van der Waals surface area (Å²) < 4.78 is 43.5. The third-order valence-corrected chi connectivity index (χ3v) is 3.58. The second-order valence-corrected chi connectivity index (χ2v) is 6.60. The van der Waals surface area contributed by atoms with Gasteiger partial charge >= 0.3 is 0 Å². The normalized spacial score (nSPS) is 11.4. The van der Waals surface area contributed by atoms with E-state index < -0.39 is 15.8 Å². The first-order valence-corrected chi connectivity index (χ1v) is 8.48. The van der Waals surface area contributed by atoms with Crippen LogP contribution in [0.25, 0.3) is 22.8 Å². The first kappa shape index (κ1) is 15.2. The molecule has 3 aromatic rings. The van der Waals surface area contributed by atoms with Gasteiger partial charge in [-0.2, -0.15) is 4.98 Å². The summed E-state index contributed by atoms with van der Waals surface area (Å²) in [6.07, 6.45) is 1.07. The lowest BCUT2D eigenvalue weighted by molar-refractivity contribution is 0.429. The Labute approximate surface area is 132 Å². The van der Waals surface area contributed by atoms with Crippen LogP contribution in [-0.4, -0.2) is 24.8 Å². The summed E-state index contributed by atoms with van der Waals surface area (Å²) in [5.74, 6) is -0.0824. The number of sulfonamides is 1.